The molecule has 1 heterocycles. The highest BCUT2D eigenvalue weighted by Gasteiger charge is 2.15. The molecule has 13 heavy (non-hydrogen) atoms. The first-order chi connectivity index (χ1) is 6.15. The molecule has 0 radical (unpaired) electrons. The standard InChI is InChI=1S/C9H14N4/c1-7(2)13(11)9-4-3-8(5-10)6-12-9/h3-4,6-7,9,12H,11H2,1-2H3. The minimum Gasteiger partial charge on any atom is -0.370 e. The lowest BCUT2D eigenvalue weighted by atomic mass is 10.2. The van der Waals surface area contributed by atoms with Crippen LogP contribution >= 0.6 is 0 Å². The van der Waals surface area contributed by atoms with Gasteiger partial charge in [-0.1, -0.05) is 0 Å². The summed E-state index contributed by atoms with van der Waals surface area (Å²) in [5.41, 5.74) is 0.619. The van der Waals surface area contributed by atoms with E-state index in [4.69, 9.17) is 11.1 Å². The van der Waals surface area contributed by atoms with Crippen LogP contribution < -0.4 is 11.2 Å². The number of allylic oxidation sites excluding steroid dienone is 2. The second-order valence-corrected chi connectivity index (χ2v) is 3.22. The summed E-state index contributed by atoms with van der Waals surface area (Å²) in [6.45, 7) is 4.03. The summed E-state index contributed by atoms with van der Waals surface area (Å²) in [6, 6.07) is 2.31. The van der Waals surface area contributed by atoms with Crippen molar-refractivity contribution in [1.82, 2.24) is 10.3 Å². The van der Waals surface area contributed by atoms with Crippen LogP contribution in [0.4, 0.5) is 0 Å². The minimum atomic E-state index is -0.0166. The number of hydrogen-bond donors (Lipinski definition) is 2. The highest BCUT2D eigenvalue weighted by molar-refractivity contribution is 5.35. The number of hydrogen-bond acceptors (Lipinski definition) is 4. The third-order valence-corrected chi connectivity index (χ3v) is 1.91. The molecule has 0 amide bonds. The molecule has 1 aliphatic rings. The maximum absolute atomic E-state index is 8.57. The van der Waals surface area contributed by atoms with Gasteiger partial charge in [0, 0.05) is 12.2 Å². The number of rotatable bonds is 2. The van der Waals surface area contributed by atoms with Gasteiger partial charge in [-0.2, -0.15) is 5.26 Å². The lowest BCUT2D eigenvalue weighted by Crippen LogP contribution is -2.51. The Bertz CT molecular complexity index is 272. The van der Waals surface area contributed by atoms with E-state index < -0.39 is 0 Å². The lowest BCUT2D eigenvalue weighted by molar-refractivity contribution is 0.170. The van der Waals surface area contributed by atoms with Gasteiger partial charge in [0.05, 0.1) is 5.57 Å². The van der Waals surface area contributed by atoms with E-state index in [-0.39, 0.29) is 12.2 Å². The molecule has 4 nitrogen and oxygen atoms in total. The summed E-state index contributed by atoms with van der Waals surface area (Å²) in [6.07, 6.45) is 5.30. The fourth-order valence-corrected chi connectivity index (χ4v) is 1.05. The van der Waals surface area contributed by atoms with E-state index in [2.05, 4.69) is 5.32 Å². The fourth-order valence-electron chi connectivity index (χ4n) is 1.05. The predicted octanol–water partition coefficient (Wildman–Crippen LogP) is 0.463. The molecule has 1 aliphatic heterocycles. The molecule has 0 aromatic heterocycles. The monoisotopic (exact) mass is 178 g/mol. The molecule has 3 N–H and O–H groups in total. The van der Waals surface area contributed by atoms with Crippen LogP contribution in [0.2, 0.25) is 0 Å². The van der Waals surface area contributed by atoms with E-state index in [0.717, 1.165) is 0 Å². The summed E-state index contributed by atoms with van der Waals surface area (Å²) in [4.78, 5) is 0. The van der Waals surface area contributed by atoms with Crippen LogP contribution in [0.5, 0.6) is 0 Å². The lowest BCUT2D eigenvalue weighted by Gasteiger charge is -2.29. The van der Waals surface area contributed by atoms with Gasteiger partial charge in [0.25, 0.3) is 0 Å². The van der Waals surface area contributed by atoms with Crippen LogP contribution in [-0.2, 0) is 0 Å². The maximum Gasteiger partial charge on any atom is 0.111 e. The number of dihydropyridines is 1. The van der Waals surface area contributed by atoms with Crippen molar-refractivity contribution in [2.24, 2.45) is 5.84 Å². The van der Waals surface area contributed by atoms with Gasteiger partial charge in [0.1, 0.15) is 12.2 Å². The van der Waals surface area contributed by atoms with E-state index in [1.165, 1.54) is 0 Å². The van der Waals surface area contributed by atoms with Crippen molar-refractivity contribution in [3.63, 3.8) is 0 Å². The molecule has 70 valence electrons. The summed E-state index contributed by atoms with van der Waals surface area (Å²) < 4.78 is 0. The summed E-state index contributed by atoms with van der Waals surface area (Å²) in [5, 5.41) is 13.3. The molecule has 0 aromatic carbocycles. The number of nitrogens with zero attached hydrogens (tertiary/aromatic N) is 2. The van der Waals surface area contributed by atoms with Crippen LogP contribution in [0.15, 0.2) is 23.9 Å². The Morgan fingerprint density at radius 3 is 2.77 bits per heavy atom. The second kappa shape index (κ2) is 4.08. The molecule has 4 heteroatoms. The van der Waals surface area contributed by atoms with Crippen molar-refractivity contribution >= 4 is 0 Å². The Kier molecular flexibility index (Phi) is 3.07. The quantitative estimate of drug-likeness (QED) is 0.476. The number of hydrazine groups is 1. The molecular weight excluding hydrogens is 164 g/mol. The molecule has 0 aromatic rings. The summed E-state index contributed by atoms with van der Waals surface area (Å²) in [7, 11) is 0. The van der Waals surface area contributed by atoms with Crippen molar-refractivity contribution in [1.29, 1.82) is 5.26 Å². The van der Waals surface area contributed by atoms with Gasteiger partial charge in [0.15, 0.2) is 0 Å². The third kappa shape index (κ3) is 2.31. The molecule has 0 fully saturated rings. The topological polar surface area (TPSA) is 65.1 Å². The minimum absolute atomic E-state index is 0.0166. The molecule has 1 rings (SSSR count). The average Bonchev–Trinajstić information content (AvgIpc) is 2.17. The number of nitrogens with two attached hydrogens (primary N) is 1. The van der Waals surface area contributed by atoms with E-state index in [1.54, 1.807) is 17.3 Å². The molecular formula is C9H14N4. The van der Waals surface area contributed by atoms with Crippen molar-refractivity contribution in [3.05, 3.63) is 23.9 Å². The molecule has 0 saturated carbocycles. The van der Waals surface area contributed by atoms with Gasteiger partial charge >= 0.3 is 0 Å². The van der Waals surface area contributed by atoms with E-state index >= 15 is 0 Å². The third-order valence-electron chi connectivity index (χ3n) is 1.91. The molecule has 1 atom stereocenters. The van der Waals surface area contributed by atoms with Gasteiger partial charge in [-0.05, 0) is 26.0 Å². The first-order valence-corrected chi connectivity index (χ1v) is 4.22. The van der Waals surface area contributed by atoms with Crippen molar-refractivity contribution in [2.75, 3.05) is 0 Å². The SMILES string of the molecule is CC(C)N(N)C1C=CC(C#N)=CN1. The normalized spacial score (nSPS) is 21.2. The van der Waals surface area contributed by atoms with Crippen LogP contribution in [-0.4, -0.2) is 17.2 Å². The van der Waals surface area contributed by atoms with Crippen LogP contribution in [0, 0.1) is 11.3 Å². The Balaban J connectivity index is 2.58. The van der Waals surface area contributed by atoms with Crippen LogP contribution in [0.1, 0.15) is 13.8 Å². The molecule has 0 bridgehead atoms. The zero-order valence-electron chi connectivity index (χ0n) is 7.86. The Labute approximate surface area is 78.3 Å². The predicted molar refractivity (Wildman–Crippen MR) is 50.9 cm³/mol. The number of nitriles is 1. The van der Waals surface area contributed by atoms with Gasteiger partial charge in [-0.25, -0.2) is 5.01 Å². The van der Waals surface area contributed by atoms with Gasteiger partial charge < -0.3 is 5.32 Å². The molecule has 0 saturated heterocycles. The van der Waals surface area contributed by atoms with E-state index in [1.807, 2.05) is 26.0 Å². The Hall–Kier alpha value is -1.31. The van der Waals surface area contributed by atoms with Crippen LogP contribution in [0.3, 0.4) is 0 Å². The summed E-state index contributed by atoms with van der Waals surface area (Å²) >= 11 is 0. The molecule has 1 unspecified atom stereocenters. The Morgan fingerprint density at radius 1 is 1.69 bits per heavy atom. The first kappa shape index (κ1) is 9.78. The Morgan fingerprint density at radius 2 is 2.38 bits per heavy atom. The smallest absolute Gasteiger partial charge is 0.111 e. The van der Waals surface area contributed by atoms with Crippen molar-refractivity contribution in [2.45, 2.75) is 26.1 Å². The van der Waals surface area contributed by atoms with Gasteiger partial charge in [-0.3, -0.25) is 5.84 Å². The highest BCUT2D eigenvalue weighted by atomic mass is 15.5. The highest BCUT2D eigenvalue weighted by Crippen LogP contribution is 2.06. The second-order valence-electron chi connectivity index (χ2n) is 3.22. The average molecular weight is 178 g/mol. The maximum atomic E-state index is 8.57. The molecule has 0 spiro atoms. The van der Waals surface area contributed by atoms with Crippen molar-refractivity contribution in [3.8, 4) is 6.07 Å². The first-order valence-electron chi connectivity index (χ1n) is 4.22. The van der Waals surface area contributed by atoms with Gasteiger partial charge in [0.2, 0.25) is 0 Å². The van der Waals surface area contributed by atoms with Gasteiger partial charge in [-0.15, -0.1) is 0 Å². The van der Waals surface area contributed by atoms with E-state index in [9.17, 15) is 0 Å². The summed E-state index contributed by atoms with van der Waals surface area (Å²) in [5.74, 6) is 5.79. The fraction of sp³-hybridized carbons (Fsp3) is 0.444. The van der Waals surface area contributed by atoms with Crippen molar-refractivity contribution < 1.29 is 0 Å². The zero-order chi connectivity index (χ0) is 9.84. The number of nitrogens with one attached hydrogen (secondary N) is 1. The van der Waals surface area contributed by atoms with E-state index in [0.29, 0.717) is 5.57 Å². The largest absolute Gasteiger partial charge is 0.370 e. The van der Waals surface area contributed by atoms with Crippen LogP contribution in [0.25, 0.3) is 0 Å². The molecule has 0 aliphatic carbocycles. The zero-order valence-corrected chi connectivity index (χ0v) is 7.86.